The highest BCUT2D eigenvalue weighted by molar-refractivity contribution is 8.44. The minimum Gasteiger partial charge on any atom is -0.121 e. The molecule has 0 aliphatic carbocycles. The molecule has 0 unspecified atom stereocenters. The maximum Gasteiger partial charge on any atom is 0.0667 e. The summed E-state index contributed by atoms with van der Waals surface area (Å²) < 4.78 is 8.02. The zero-order valence-electron chi connectivity index (χ0n) is 10.4. The van der Waals surface area contributed by atoms with Crippen molar-refractivity contribution in [2.24, 2.45) is 0 Å². The molecular weight excluding hydrogens is 389 g/mol. The van der Waals surface area contributed by atoms with Gasteiger partial charge in [-0.25, -0.2) is 0 Å². The van der Waals surface area contributed by atoms with Gasteiger partial charge in [0.25, 0.3) is 0 Å². The maximum atomic E-state index is 4.04. The predicted octanol–water partition coefficient (Wildman–Crippen LogP) is 7.29. The van der Waals surface area contributed by atoms with Gasteiger partial charge in [-0.05, 0) is 12.5 Å². The van der Waals surface area contributed by atoms with Gasteiger partial charge >= 0.3 is 0 Å². The van der Waals surface area contributed by atoms with Crippen LogP contribution < -0.4 is 0 Å². The molecule has 19 heavy (non-hydrogen) atoms. The first-order valence-corrected chi connectivity index (χ1v) is 12.7. The van der Waals surface area contributed by atoms with Crippen molar-refractivity contribution >= 4 is 94.1 Å². The second kappa shape index (κ2) is 8.41. The molecule has 2 aliphatic heterocycles. The molecule has 0 nitrogen and oxygen atoms in total. The Morgan fingerprint density at radius 3 is 1.47 bits per heavy atom. The molecule has 0 spiro atoms. The zero-order chi connectivity index (χ0) is 13.8. The highest BCUT2D eigenvalue weighted by Gasteiger charge is 2.22. The monoisotopic (exact) mass is 400 g/mol. The van der Waals surface area contributed by atoms with Gasteiger partial charge in [0.1, 0.15) is 0 Å². The van der Waals surface area contributed by atoms with E-state index in [9.17, 15) is 0 Å². The fraction of sp³-hybridized carbons (Fsp3) is 0.273. The van der Waals surface area contributed by atoms with Crippen molar-refractivity contribution in [2.45, 2.75) is 0 Å². The van der Waals surface area contributed by atoms with Gasteiger partial charge in [-0.3, -0.25) is 0 Å². The Morgan fingerprint density at radius 1 is 0.737 bits per heavy atom. The Balaban J connectivity index is 1.87. The van der Waals surface area contributed by atoms with Gasteiger partial charge in [-0.1, -0.05) is 60.2 Å². The van der Waals surface area contributed by atoms with Gasteiger partial charge in [0.2, 0.25) is 0 Å². The van der Waals surface area contributed by atoms with E-state index in [1.54, 1.807) is 23.5 Å². The van der Waals surface area contributed by atoms with E-state index < -0.39 is 0 Å². The van der Waals surface area contributed by atoms with E-state index in [2.05, 4.69) is 25.7 Å². The fourth-order valence-electron chi connectivity index (χ4n) is 1.19. The van der Waals surface area contributed by atoms with Crippen LogP contribution in [0.25, 0.3) is 0 Å². The number of hydrogen-bond acceptors (Lipinski definition) is 8. The van der Waals surface area contributed by atoms with Crippen LogP contribution in [-0.4, -0.2) is 17.6 Å². The molecule has 0 fully saturated rings. The summed E-state index contributed by atoms with van der Waals surface area (Å²) >= 11 is 14.7. The van der Waals surface area contributed by atoms with Gasteiger partial charge in [0.05, 0.1) is 16.9 Å². The molecular formula is C11H12S8. The van der Waals surface area contributed by atoms with Crippen molar-refractivity contribution in [3.05, 3.63) is 38.6 Å². The molecule has 2 aliphatic rings. The van der Waals surface area contributed by atoms with Crippen LogP contribution in [0.2, 0.25) is 0 Å². The van der Waals surface area contributed by atoms with Gasteiger partial charge < -0.3 is 0 Å². The van der Waals surface area contributed by atoms with E-state index in [-0.39, 0.29) is 0 Å². The molecule has 0 saturated heterocycles. The summed E-state index contributed by atoms with van der Waals surface area (Å²) in [5.74, 6) is 0. The second-order valence-electron chi connectivity index (χ2n) is 3.12. The van der Waals surface area contributed by atoms with Crippen molar-refractivity contribution in [2.75, 3.05) is 17.6 Å². The van der Waals surface area contributed by atoms with Crippen LogP contribution in [0.3, 0.4) is 0 Å². The highest BCUT2D eigenvalue weighted by Crippen LogP contribution is 2.59. The Labute approximate surface area is 149 Å². The predicted molar refractivity (Wildman–Crippen MR) is 110 cm³/mol. The first-order valence-electron chi connectivity index (χ1n) is 5.05. The third kappa shape index (κ3) is 4.87. The Hall–Kier alpha value is 1.76. The lowest BCUT2D eigenvalue weighted by atomic mass is 11.2. The summed E-state index contributed by atoms with van der Waals surface area (Å²) in [5.41, 5.74) is 0. The van der Waals surface area contributed by atoms with E-state index in [1.165, 1.54) is 25.4 Å². The lowest BCUT2D eigenvalue weighted by molar-refractivity contribution is 2.19. The van der Waals surface area contributed by atoms with Gasteiger partial charge in [-0.2, -0.15) is 0 Å². The third-order valence-electron chi connectivity index (χ3n) is 1.91. The molecule has 104 valence electrons. The summed E-state index contributed by atoms with van der Waals surface area (Å²) in [4.78, 5) is 0. The minimum atomic E-state index is 1.06. The van der Waals surface area contributed by atoms with E-state index in [1.807, 2.05) is 70.6 Å². The molecule has 0 amide bonds. The van der Waals surface area contributed by atoms with Gasteiger partial charge in [-0.15, -0.1) is 47.0 Å². The van der Waals surface area contributed by atoms with Crippen LogP contribution in [-0.2, 0) is 0 Å². The number of thioether (sulfide) groups is 8. The van der Waals surface area contributed by atoms with Crippen LogP contribution in [0.5, 0.6) is 0 Å². The fourth-order valence-corrected chi connectivity index (χ4v) is 11.9. The third-order valence-corrected chi connectivity index (χ3v) is 12.1. The van der Waals surface area contributed by atoms with Crippen LogP contribution in [0.1, 0.15) is 0 Å². The largest absolute Gasteiger partial charge is 0.121 e. The molecule has 2 heterocycles. The summed E-state index contributed by atoms with van der Waals surface area (Å²) in [7, 11) is 0. The summed E-state index contributed by atoms with van der Waals surface area (Å²) in [6, 6.07) is 0. The van der Waals surface area contributed by atoms with Crippen LogP contribution in [0, 0.1) is 0 Å². The number of rotatable bonds is 6. The summed E-state index contributed by atoms with van der Waals surface area (Å²) in [6.45, 7) is 8.08. The highest BCUT2D eigenvalue weighted by atomic mass is 32.3. The van der Waals surface area contributed by atoms with Gasteiger partial charge in [0, 0.05) is 13.6 Å². The Bertz CT molecular complexity index is 419. The lowest BCUT2D eigenvalue weighted by Crippen LogP contribution is -1.74. The molecule has 0 aromatic rings. The summed E-state index contributed by atoms with van der Waals surface area (Å²) in [6.07, 6.45) is 4.27. The summed E-state index contributed by atoms with van der Waals surface area (Å²) in [5, 5.41) is 1.06. The molecule has 0 N–H and O–H groups in total. The zero-order valence-corrected chi connectivity index (χ0v) is 16.9. The molecule has 0 aromatic carbocycles. The van der Waals surface area contributed by atoms with Crippen LogP contribution in [0.4, 0.5) is 0 Å². The van der Waals surface area contributed by atoms with E-state index in [0.29, 0.717) is 0 Å². The number of hydrogen-bond donors (Lipinski definition) is 0. The first kappa shape index (κ1) is 17.1. The van der Waals surface area contributed by atoms with Crippen LogP contribution in [0.15, 0.2) is 38.6 Å². The van der Waals surface area contributed by atoms with Crippen molar-refractivity contribution in [1.82, 2.24) is 0 Å². The average molecular weight is 401 g/mol. The Morgan fingerprint density at radius 2 is 1.11 bits per heavy atom. The minimum absolute atomic E-state index is 1.06. The molecule has 2 rings (SSSR count). The first-order chi connectivity index (χ1) is 9.13. The van der Waals surface area contributed by atoms with E-state index in [0.717, 1.165) is 5.08 Å². The van der Waals surface area contributed by atoms with E-state index in [4.69, 9.17) is 0 Å². The maximum absolute atomic E-state index is 4.04. The standard InChI is InChI=1S/C11H12S8/c1-6-16-8(12-3)10(18-6)14-5-15-11-9(13-4)17-7(2)19-11/h1-2,5H2,3-4H3. The molecule has 0 aromatic heterocycles. The topological polar surface area (TPSA) is 0 Å². The van der Waals surface area contributed by atoms with Crippen molar-refractivity contribution < 1.29 is 0 Å². The molecule has 0 bridgehead atoms. The molecule has 0 saturated carbocycles. The molecule has 0 atom stereocenters. The van der Waals surface area contributed by atoms with E-state index >= 15 is 0 Å². The van der Waals surface area contributed by atoms with Crippen LogP contribution >= 0.6 is 94.1 Å². The normalized spacial score (nSPS) is 20.1. The van der Waals surface area contributed by atoms with Crippen molar-refractivity contribution in [3.8, 4) is 0 Å². The quantitative estimate of drug-likeness (QED) is 0.421. The SMILES string of the molecule is C=C1SC(SC)=C(SCSC2=C(SC)SC(=C)S2)S1. The average Bonchev–Trinajstić information content (AvgIpc) is 2.92. The van der Waals surface area contributed by atoms with Gasteiger partial charge in [0.15, 0.2) is 0 Å². The van der Waals surface area contributed by atoms with Crippen molar-refractivity contribution in [3.63, 3.8) is 0 Å². The Kier molecular flexibility index (Phi) is 7.58. The molecule has 8 heteroatoms. The van der Waals surface area contributed by atoms with Crippen molar-refractivity contribution in [1.29, 1.82) is 0 Å². The molecule has 0 radical (unpaired) electrons. The lowest BCUT2D eigenvalue weighted by Gasteiger charge is -2.04. The second-order valence-corrected chi connectivity index (χ2v) is 13.1. The smallest absolute Gasteiger partial charge is 0.0667 e.